The second kappa shape index (κ2) is 15.2. The topological polar surface area (TPSA) is 6.25 Å². The molecular formula is C51H51BN2. The van der Waals surface area contributed by atoms with Crippen molar-refractivity contribution >= 4 is 45.1 Å². The van der Waals surface area contributed by atoms with Crippen molar-refractivity contribution in [3.8, 4) is 0 Å². The molecule has 54 heavy (non-hydrogen) atoms. The molecule has 0 amide bonds. The van der Waals surface area contributed by atoms with E-state index in [1.165, 1.54) is 55.8 Å². The summed E-state index contributed by atoms with van der Waals surface area (Å²) in [5.74, 6) is 0. The van der Waals surface area contributed by atoms with Gasteiger partial charge in [0.1, 0.15) is 13.2 Å². The Labute approximate surface area is 323 Å². The van der Waals surface area contributed by atoms with Crippen LogP contribution in [0.3, 0.4) is 0 Å². The van der Waals surface area contributed by atoms with Gasteiger partial charge >= 0.3 is 0 Å². The fraction of sp³-hybridized carbons (Fsp3) is 0.157. The predicted octanol–water partition coefficient (Wildman–Crippen LogP) is 9.18. The lowest BCUT2D eigenvalue weighted by molar-refractivity contribution is -0.401. The predicted molar refractivity (Wildman–Crippen MR) is 235 cm³/mol. The number of para-hydroxylation sites is 2. The van der Waals surface area contributed by atoms with Gasteiger partial charge in [0.2, 0.25) is 5.69 Å². The summed E-state index contributed by atoms with van der Waals surface area (Å²) >= 11 is 0. The summed E-state index contributed by atoms with van der Waals surface area (Å²) in [6, 6.07) is 60.9. The van der Waals surface area contributed by atoms with Gasteiger partial charge in [-0.1, -0.05) is 190 Å². The summed E-state index contributed by atoms with van der Waals surface area (Å²) in [4.78, 5) is 2.31. The molecule has 0 spiro atoms. The molecule has 2 heterocycles. The highest BCUT2D eigenvalue weighted by Crippen LogP contribution is 2.46. The molecule has 0 bridgehead atoms. The van der Waals surface area contributed by atoms with Crippen molar-refractivity contribution in [2.45, 2.75) is 38.5 Å². The van der Waals surface area contributed by atoms with E-state index in [1.54, 1.807) is 0 Å². The Bertz CT molecular complexity index is 2170. The fourth-order valence-electron chi connectivity index (χ4n) is 9.08. The van der Waals surface area contributed by atoms with Crippen molar-refractivity contribution < 1.29 is 4.58 Å². The molecule has 3 heteroatoms. The number of rotatable bonds is 7. The Kier molecular flexibility index (Phi) is 10.3. The van der Waals surface area contributed by atoms with Gasteiger partial charge in [0.15, 0.2) is 5.71 Å². The minimum Gasteiger partial charge on any atom is -0.347 e. The van der Waals surface area contributed by atoms with Gasteiger partial charge in [-0.2, -0.15) is 26.4 Å². The lowest BCUT2D eigenvalue weighted by atomic mass is 9.13. The monoisotopic (exact) mass is 702 g/mol. The first-order valence-electron chi connectivity index (χ1n) is 19.2. The Morgan fingerprint density at radius 3 is 1.37 bits per heavy atom. The lowest BCUT2D eigenvalue weighted by Gasteiger charge is -2.44. The fourth-order valence-corrected chi connectivity index (χ4v) is 9.08. The summed E-state index contributed by atoms with van der Waals surface area (Å²) < 4.78 is 2.31. The molecule has 6 aromatic carbocycles. The SMILES string of the molecule is CN1/C(=C/C=C/C=C/C2=[N+](C)c3ccccc3C2(C)C)C(C)(C)c2ccccc21.c1ccc([B-](c2ccccc2)(c2ccccc2)c2ccccc2)cc1. The molecular weight excluding hydrogens is 651 g/mol. The standard InChI is InChI=1S/C27H31N2.C24H20B/c1-26(2)20-14-10-12-16-22(20)28(5)24(26)18-8-7-9-19-25-27(3,4)21-15-11-13-17-23(21)29(25)6;1-5-13-21(14-6-1)25(22-15-7-2-8-16-22,23-17-9-3-10-18-23)24-19-11-4-12-20-24/h7-19H,1-6H3;1-20H/q+1;-1. The first kappa shape index (κ1) is 36.4. The maximum absolute atomic E-state index is 2.31. The van der Waals surface area contributed by atoms with Gasteiger partial charge in [-0.25, -0.2) is 0 Å². The molecule has 0 saturated carbocycles. The number of nitrogens with zero attached hydrogens (tertiary/aromatic N) is 2. The molecule has 2 aliphatic heterocycles. The average Bonchev–Trinajstić information content (AvgIpc) is 3.53. The number of fused-ring (bicyclic) bond motifs is 2. The van der Waals surface area contributed by atoms with Crippen LogP contribution in [0.4, 0.5) is 11.4 Å². The normalized spacial score (nSPS) is 16.4. The third-order valence-corrected chi connectivity index (χ3v) is 11.8. The van der Waals surface area contributed by atoms with Gasteiger partial charge in [0, 0.05) is 41.6 Å². The summed E-state index contributed by atoms with van der Waals surface area (Å²) in [5.41, 5.74) is 13.4. The Morgan fingerprint density at radius 1 is 0.481 bits per heavy atom. The van der Waals surface area contributed by atoms with E-state index in [9.17, 15) is 0 Å². The number of likely N-dealkylation sites (N-methyl/N-ethyl adjacent to an activating group) is 1. The van der Waals surface area contributed by atoms with Crippen LogP contribution in [-0.4, -0.2) is 30.5 Å². The van der Waals surface area contributed by atoms with E-state index in [0.717, 1.165) is 0 Å². The van der Waals surface area contributed by atoms with E-state index in [4.69, 9.17) is 0 Å². The number of hydrogen-bond acceptors (Lipinski definition) is 1. The second-order valence-electron chi connectivity index (χ2n) is 15.6. The zero-order valence-corrected chi connectivity index (χ0v) is 32.5. The molecule has 0 saturated heterocycles. The highest BCUT2D eigenvalue weighted by molar-refractivity contribution is 7.19. The van der Waals surface area contributed by atoms with Crippen molar-refractivity contribution in [1.29, 1.82) is 0 Å². The maximum atomic E-state index is 2.31. The maximum Gasteiger partial charge on any atom is 0.209 e. The van der Waals surface area contributed by atoms with E-state index < -0.39 is 6.15 Å². The van der Waals surface area contributed by atoms with Gasteiger partial charge in [0.25, 0.3) is 0 Å². The van der Waals surface area contributed by atoms with Crippen molar-refractivity contribution in [2.75, 3.05) is 19.0 Å². The van der Waals surface area contributed by atoms with Gasteiger partial charge in [-0.3, -0.25) is 0 Å². The summed E-state index contributed by atoms with van der Waals surface area (Å²) in [5, 5.41) is 0. The van der Waals surface area contributed by atoms with Crippen LogP contribution in [0.2, 0.25) is 0 Å². The molecule has 0 N–H and O–H groups in total. The van der Waals surface area contributed by atoms with Crippen LogP contribution < -0.4 is 26.8 Å². The van der Waals surface area contributed by atoms with Crippen LogP contribution >= 0.6 is 0 Å². The molecule has 268 valence electrons. The molecule has 0 fully saturated rings. The molecule has 6 aromatic rings. The highest BCUT2D eigenvalue weighted by atomic mass is 15.2. The number of hydrogen-bond donors (Lipinski definition) is 0. The molecule has 8 rings (SSSR count). The average molecular weight is 703 g/mol. The van der Waals surface area contributed by atoms with Crippen molar-refractivity contribution in [3.05, 3.63) is 217 Å². The van der Waals surface area contributed by atoms with Crippen LogP contribution in [0.5, 0.6) is 0 Å². The minimum absolute atomic E-state index is 0.0173. The summed E-state index contributed by atoms with van der Waals surface area (Å²) in [6.45, 7) is 9.20. The summed E-state index contributed by atoms with van der Waals surface area (Å²) in [6.07, 6.45) is 9.73. The molecule has 0 unspecified atom stereocenters. The quantitative estimate of drug-likeness (QED) is 0.0914. The zero-order chi connectivity index (χ0) is 37.8. The Hall–Kier alpha value is -5.93. The molecule has 0 radical (unpaired) electrons. The number of allylic oxidation sites excluding steroid dienone is 6. The minimum atomic E-state index is -1.22. The van der Waals surface area contributed by atoms with E-state index in [-0.39, 0.29) is 10.8 Å². The third-order valence-electron chi connectivity index (χ3n) is 11.8. The smallest absolute Gasteiger partial charge is 0.209 e. The largest absolute Gasteiger partial charge is 0.347 e. The Balaban J connectivity index is 0.000000168. The molecule has 0 aliphatic carbocycles. The van der Waals surface area contributed by atoms with Gasteiger partial charge < -0.3 is 4.90 Å². The number of anilines is 1. The molecule has 2 aliphatic rings. The van der Waals surface area contributed by atoms with Crippen molar-refractivity contribution in [1.82, 2.24) is 0 Å². The van der Waals surface area contributed by atoms with Crippen LogP contribution in [0.25, 0.3) is 0 Å². The summed E-state index contributed by atoms with van der Waals surface area (Å²) in [7, 11) is 4.32. The van der Waals surface area contributed by atoms with Crippen molar-refractivity contribution in [3.63, 3.8) is 0 Å². The zero-order valence-electron chi connectivity index (χ0n) is 32.5. The number of benzene rings is 6. The first-order chi connectivity index (χ1) is 26.2. The molecule has 0 aromatic heterocycles. The van der Waals surface area contributed by atoms with Gasteiger partial charge in [0.05, 0.1) is 5.41 Å². The molecule has 2 nitrogen and oxygen atoms in total. The van der Waals surface area contributed by atoms with Crippen LogP contribution in [-0.2, 0) is 10.8 Å². The van der Waals surface area contributed by atoms with E-state index in [2.05, 4.69) is 252 Å². The van der Waals surface area contributed by atoms with Crippen LogP contribution in [0.1, 0.15) is 38.8 Å². The van der Waals surface area contributed by atoms with E-state index >= 15 is 0 Å². The van der Waals surface area contributed by atoms with Crippen molar-refractivity contribution in [2.24, 2.45) is 0 Å². The van der Waals surface area contributed by atoms with E-state index in [0.29, 0.717) is 0 Å². The first-order valence-corrected chi connectivity index (χ1v) is 19.2. The van der Waals surface area contributed by atoms with Gasteiger partial charge in [-0.15, -0.1) is 0 Å². The van der Waals surface area contributed by atoms with E-state index in [1.807, 2.05) is 0 Å². The third kappa shape index (κ3) is 6.49. The Morgan fingerprint density at radius 2 is 0.907 bits per heavy atom. The van der Waals surface area contributed by atoms with Gasteiger partial charge in [-0.05, 0) is 31.6 Å². The second-order valence-corrected chi connectivity index (χ2v) is 15.6. The molecule has 0 atom stereocenters. The van der Waals surface area contributed by atoms with Crippen LogP contribution in [0.15, 0.2) is 206 Å². The lowest BCUT2D eigenvalue weighted by Crippen LogP contribution is -2.74. The highest BCUT2D eigenvalue weighted by Gasteiger charge is 2.42. The van der Waals surface area contributed by atoms with Crippen LogP contribution in [0, 0.1) is 0 Å².